The molecule has 3 N–H and O–H groups in total. The van der Waals surface area contributed by atoms with Crippen LogP contribution in [0.4, 0.5) is 4.79 Å². The highest BCUT2D eigenvalue weighted by atomic mass is 16.4. The Morgan fingerprint density at radius 3 is 2.61 bits per heavy atom. The second-order valence-electron chi connectivity index (χ2n) is 5.55. The summed E-state index contributed by atoms with van der Waals surface area (Å²) in [4.78, 5) is 22.5. The van der Waals surface area contributed by atoms with Gasteiger partial charge in [0.1, 0.15) is 0 Å². The van der Waals surface area contributed by atoms with Crippen LogP contribution in [0.3, 0.4) is 0 Å². The van der Waals surface area contributed by atoms with Crippen molar-refractivity contribution >= 4 is 12.0 Å². The summed E-state index contributed by atoms with van der Waals surface area (Å²) in [6.45, 7) is 2.15. The summed E-state index contributed by atoms with van der Waals surface area (Å²) >= 11 is 0. The van der Waals surface area contributed by atoms with Crippen LogP contribution in [0.1, 0.15) is 45.4 Å². The molecule has 2 saturated carbocycles. The number of aliphatic carboxylic acids is 1. The molecule has 2 aliphatic rings. The van der Waals surface area contributed by atoms with E-state index in [0.717, 1.165) is 19.3 Å². The van der Waals surface area contributed by atoms with Gasteiger partial charge in [0.15, 0.2) is 0 Å². The fourth-order valence-electron chi connectivity index (χ4n) is 2.85. The number of rotatable bonds is 5. The molecule has 2 rings (SSSR count). The SMILES string of the molecule is CCCC1CC1NC(=O)N[C@H]1CC[C@@H](C(=O)O)C1. The second kappa shape index (κ2) is 5.59. The normalized spacial score (nSPS) is 34.1. The number of carboxylic acids is 1. The lowest BCUT2D eigenvalue weighted by atomic mass is 10.1. The molecule has 2 aliphatic carbocycles. The van der Waals surface area contributed by atoms with Gasteiger partial charge in [-0.15, -0.1) is 0 Å². The zero-order valence-corrected chi connectivity index (χ0v) is 10.8. The lowest BCUT2D eigenvalue weighted by Gasteiger charge is -2.13. The molecular weight excluding hydrogens is 232 g/mol. The molecule has 0 heterocycles. The number of carboxylic acid groups (broad SMARTS) is 1. The van der Waals surface area contributed by atoms with Crippen LogP contribution in [0, 0.1) is 11.8 Å². The van der Waals surface area contributed by atoms with Gasteiger partial charge in [0.2, 0.25) is 0 Å². The molecule has 0 aromatic heterocycles. The Morgan fingerprint density at radius 1 is 1.22 bits per heavy atom. The van der Waals surface area contributed by atoms with Crippen LogP contribution < -0.4 is 10.6 Å². The van der Waals surface area contributed by atoms with Crippen molar-refractivity contribution in [3.63, 3.8) is 0 Å². The molecule has 102 valence electrons. The van der Waals surface area contributed by atoms with Crippen molar-refractivity contribution in [2.45, 2.75) is 57.5 Å². The van der Waals surface area contributed by atoms with E-state index in [9.17, 15) is 9.59 Å². The molecule has 0 aromatic rings. The summed E-state index contributed by atoms with van der Waals surface area (Å²) in [5.74, 6) is -0.384. The third-order valence-electron chi connectivity index (χ3n) is 4.02. The van der Waals surface area contributed by atoms with Crippen LogP contribution in [-0.4, -0.2) is 29.2 Å². The lowest BCUT2D eigenvalue weighted by molar-refractivity contribution is -0.141. The van der Waals surface area contributed by atoms with Crippen LogP contribution in [0.5, 0.6) is 0 Å². The van der Waals surface area contributed by atoms with Crippen LogP contribution in [-0.2, 0) is 4.79 Å². The van der Waals surface area contributed by atoms with E-state index in [4.69, 9.17) is 5.11 Å². The van der Waals surface area contributed by atoms with E-state index >= 15 is 0 Å². The van der Waals surface area contributed by atoms with Gasteiger partial charge in [-0.05, 0) is 38.0 Å². The first kappa shape index (κ1) is 13.2. The van der Waals surface area contributed by atoms with Gasteiger partial charge in [-0.25, -0.2) is 4.79 Å². The predicted octanol–water partition coefficient (Wildman–Crippen LogP) is 1.73. The summed E-state index contributed by atoms with van der Waals surface area (Å²) in [5.41, 5.74) is 0. The van der Waals surface area contributed by atoms with Crippen molar-refractivity contribution in [1.82, 2.24) is 10.6 Å². The first-order valence-corrected chi connectivity index (χ1v) is 6.90. The van der Waals surface area contributed by atoms with Gasteiger partial charge in [-0.1, -0.05) is 13.3 Å². The van der Waals surface area contributed by atoms with E-state index in [2.05, 4.69) is 17.6 Å². The van der Waals surface area contributed by atoms with Gasteiger partial charge in [-0.3, -0.25) is 4.79 Å². The molecule has 0 radical (unpaired) electrons. The fraction of sp³-hybridized carbons (Fsp3) is 0.846. The first-order chi connectivity index (χ1) is 8.60. The molecule has 0 saturated heterocycles. The molecule has 18 heavy (non-hydrogen) atoms. The minimum Gasteiger partial charge on any atom is -0.481 e. The standard InChI is InChI=1S/C13H22N2O3/c1-2-3-8-7-11(8)15-13(18)14-10-5-4-9(6-10)12(16)17/h8-11H,2-7H2,1H3,(H,16,17)(H2,14,15,18)/t8?,9-,10+,11?/m1/s1. The van der Waals surface area contributed by atoms with E-state index < -0.39 is 5.97 Å². The minimum atomic E-state index is -0.745. The number of hydrogen-bond donors (Lipinski definition) is 3. The van der Waals surface area contributed by atoms with Gasteiger partial charge < -0.3 is 15.7 Å². The van der Waals surface area contributed by atoms with E-state index in [1.54, 1.807) is 0 Å². The van der Waals surface area contributed by atoms with Crippen molar-refractivity contribution in [1.29, 1.82) is 0 Å². The third kappa shape index (κ3) is 3.37. The number of carbonyl (C=O) groups excluding carboxylic acids is 1. The maximum atomic E-state index is 11.7. The van der Waals surface area contributed by atoms with Gasteiger partial charge in [-0.2, -0.15) is 0 Å². The Kier molecular flexibility index (Phi) is 4.09. The number of amides is 2. The average Bonchev–Trinajstić information content (AvgIpc) is 2.85. The summed E-state index contributed by atoms with van der Waals surface area (Å²) in [6, 6.07) is 0.228. The Balaban J connectivity index is 1.65. The lowest BCUT2D eigenvalue weighted by Crippen LogP contribution is -2.42. The molecule has 5 heteroatoms. The number of urea groups is 1. The molecule has 2 fully saturated rings. The Bertz CT molecular complexity index is 332. The highest BCUT2D eigenvalue weighted by Gasteiger charge is 2.38. The Morgan fingerprint density at radius 2 is 2.00 bits per heavy atom. The predicted molar refractivity (Wildman–Crippen MR) is 67.2 cm³/mol. The van der Waals surface area contributed by atoms with E-state index in [-0.39, 0.29) is 18.0 Å². The summed E-state index contributed by atoms with van der Waals surface area (Å²) < 4.78 is 0. The largest absolute Gasteiger partial charge is 0.481 e. The minimum absolute atomic E-state index is 0.0227. The molecule has 0 aliphatic heterocycles. The van der Waals surface area contributed by atoms with E-state index in [1.165, 1.54) is 6.42 Å². The highest BCUT2D eigenvalue weighted by Crippen LogP contribution is 2.34. The summed E-state index contributed by atoms with van der Waals surface area (Å²) in [6.07, 6.45) is 5.42. The Labute approximate surface area is 107 Å². The zero-order chi connectivity index (χ0) is 13.1. The van der Waals surface area contributed by atoms with Crippen molar-refractivity contribution in [2.75, 3.05) is 0 Å². The van der Waals surface area contributed by atoms with Gasteiger partial charge in [0.05, 0.1) is 5.92 Å². The van der Waals surface area contributed by atoms with Crippen LogP contribution >= 0.6 is 0 Å². The molecule has 2 amide bonds. The quantitative estimate of drug-likeness (QED) is 0.699. The van der Waals surface area contributed by atoms with Crippen molar-refractivity contribution in [3.8, 4) is 0 Å². The van der Waals surface area contributed by atoms with Crippen LogP contribution in [0.25, 0.3) is 0 Å². The topological polar surface area (TPSA) is 78.4 Å². The molecule has 5 nitrogen and oxygen atoms in total. The number of carbonyl (C=O) groups is 2. The second-order valence-corrected chi connectivity index (χ2v) is 5.55. The van der Waals surface area contributed by atoms with Gasteiger partial charge >= 0.3 is 12.0 Å². The number of nitrogens with one attached hydrogen (secondary N) is 2. The fourth-order valence-corrected chi connectivity index (χ4v) is 2.85. The molecule has 0 aromatic carbocycles. The van der Waals surface area contributed by atoms with Gasteiger partial charge in [0, 0.05) is 12.1 Å². The Hall–Kier alpha value is -1.26. The van der Waals surface area contributed by atoms with Crippen LogP contribution in [0.2, 0.25) is 0 Å². The smallest absolute Gasteiger partial charge is 0.315 e. The molecule has 0 bridgehead atoms. The van der Waals surface area contributed by atoms with E-state index in [1.807, 2.05) is 0 Å². The maximum absolute atomic E-state index is 11.7. The summed E-state index contributed by atoms with van der Waals surface area (Å²) in [7, 11) is 0. The average molecular weight is 254 g/mol. The molecule has 0 spiro atoms. The maximum Gasteiger partial charge on any atom is 0.315 e. The molecule has 2 unspecified atom stereocenters. The van der Waals surface area contributed by atoms with Gasteiger partial charge in [0.25, 0.3) is 0 Å². The van der Waals surface area contributed by atoms with Crippen molar-refractivity contribution < 1.29 is 14.7 Å². The van der Waals surface area contributed by atoms with E-state index in [0.29, 0.717) is 24.8 Å². The monoisotopic (exact) mass is 254 g/mol. The highest BCUT2D eigenvalue weighted by molar-refractivity contribution is 5.75. The zero-order valence-electron chi connectivity index (χ0n) is 10.8. The van der Waals surface area contributed by atoms with Crippen molar-refractivity contribution in [2.24, 2.45) is 11.8 Å². The third-order valence-corrected chi connectivity index (χ3v) is 4.02. The number of hydrogen-bond acceptors (Lipinski definition) is 2. The summed E-state index contributed by atoms with van der Waals surface area (Å²) in [5, 5.41) is 14.7. The molecular formula is C13H22N2O3. The van der Waals surface area contributed by atoms with Crippen molar-refractivity contribution in [3.05, 3.63) is 0 Å². The molecule has 4 atom stereocenters. The van der Waals surface area contributed by atoms with Crippen LogP contribution in [0.15, 0.2) is 0 Å². The first-order valence-electron chi connectivity index (χ1n) is 6.90.